The molecule has 0 amide bonds. The summed E-state index contributed by atoms with van der Waals surface area (Å²) >= 11 is 0. The smallest absolute Gasteiger partial charge is 0.151 e. The van der Waals surface area contributed by atoms with E-state index < -0.39 is 0 Å². The standard InChI is InChI=1S/C7H8N4/c1-10-7(3-5-8-10)11-6-2-4-9-11/h2-6H,1H3. The molecule has 56 valence electrons. The number of hydrogen-bond donors (Lipinski definition) is 0. The number of nitrogens with zero attached hydrogens (tertiary/aromatic N) is 4. The van der Waals surface area contributed by atoms with Gasteiger partial charge in [-0.2, -0.15) is 10.2 Å². The Hall–Kier alpha value is -1.58. The van der Waals surface area contributed by atoms with Crippen LogP contribution in [-0.4, -0.2) is 19.6 Å². The van der Waals surface area contributed by atoms with Crippen molar-refractivity contribution in [3.05, 3.63) is 30.7 Å². The van der Waals surface area contributed by atoms with E-state index in [2.05, 4.69) is 10.2 Å². The summed E-state index contributed by atoms with van der Waals surface area (Å²) in [6.45, 7) is 0. The molecular weight excluding hydrogens is 140 g/mol. The number of aryl methyl sites for hydroxylation is 1. The summed E-state index contributed by atoms with van der Waals surface area (Å²) < 4.78 is 3.54. The van der Waals surface area contributed by atoms with Crippen LogP contribution in [-0.2, 0) is 7.05 Å². The van der Waals surface area contributed by atoms with Gasteiger partial charge >= 0.3 is 0 Å². The van der Waals surface area contributed by atoms with Gasteiger partial charge < -0.3 is 0 Å². The second kappa shape index (κ2) is 2.23. The van der Waals surface area contributed by atoms with Crippen molar-refractivity contribution in [2.24, 2.45) is 7.05 Å². The Kier molecular flexibility index (Phi) is 1.25. The Labute approximate surface area is 64.1 Å². The van der Waals surface area contributed by atoms with Crippen molar-refractivity contribution in [3.8, 4) is 5.82 Å². The SMILES string of the molecule is Cn1nccc1-n1cccn1. The first kappa shape index (κ1) is 6.15. The average molecular weight is 148 g/mol. The summed E-state index contributed by atoms with van der Waals surface area (Å²) in [6, 6.07) is 3.79. The Balaban J connectivity index is 2.53. The van der Waals surface area contributed by atoms with Crippen LogP contribution in [0.3, 0.4) is 0 Å². The first-order chi connectivity index (χ1) is 5.38. The van der Waals surface area contributed by atoms with Crippen LogP contribution < -0.4 is 0 Å². The van der Waals surface area contributed by atoms with Crippen molar-refractivity contribution >= 4 is 0 Å². The molecule has 0 aliphatic carbocycles. The molecule has 4 heteroatoms. The summed E-state index contributed by atoms with van der Waals surface area (Å²) in [4.78, 5) is 0. The zero-order valence-electron chi connectivity index (χ0n) is 6.18. The van der Waals surface area contributed by atoms with Gasteiger partial charge in [-0.3, -0.25) is 4.68 Å². The van der Waals surface area contributed by atoms with E-state index in [4.69, 9.17) is 0 Å². The second-order valence-electron chi connectivity index (χ2n) is 2.26. The summed E-state index contributed by atoms with van der Waals surface area (Å²) in [5, 5.41) is 8.10. The van der Waals surface area contributed by atoms with Gasteiger partial charge in [-0.1, -0.05) is 0 Å². The van der Waals surface area contributed by atoms with E-state index in [1.54, 1.807) is 21.8 Å². The third kappa shape index (κ3) is 0.920. The zero-order valence-corrected chi connectivity index (χ0v) is 6.18. The first-order valence-corrected chi connectivity index (χ1v) is 3.36. The highest BCUT2D eigenvalue weighted by Crippen LogP contribution is 2.01. The molecule has 0 fully saturated rings. The molecule has 0 radical (unpaired) electrons. The lowest BCUT2D eigenvalue weighted by atomic mass is 10.6. The molecule has 2 heterocycles. The highest BCUT2D eigenvalue weighted by Gasteiger charge is 1.98. The lowest BCUT2D eigenvalue weighted by Crippen LogP contribution is -2.02. The third-order valence-electron chi connectivity index (χ3n) is 1.53. The minimum absolute atomic E-state index is 0.968. The lowest BCUT2D eigenvalue weighted by Gasteiger charge is -1.98. The summed E-state index contributed by atoms with van der Waals surface area (Å²) in [5.74, 6) is 0.968. The van der Waals surface area contributed by atoms with Crippen molar-refractivity contribution < 1.29 is 0 Å². The zero-order chi connectivity index (χ0) is 7.68. The third-order valence-corrected chi connectivity index (χ3v) is 1.53. The molecule has 0 N–H and O–H groups in total. The molecule has 0 aliphatic heterocycles. The fraction of sp³-hybridized carbons (Fsp3) is 0.143. The van der Waals surface area contributed by atoms with Crippen LogP contribution in [0.4, 0.5) is 0 Å². The molecule has 0 atom stereocenters. The predicted octanol–water partition coefficient (Wildman–Crippen LogP) is 0.606. The van der Waals surface area contributed by atoms with E-state index in [1.807, 2.05) is 25.4 Å². The minimum atomic E-state index is 0.968. The Morgan fingerprint density at radius 3 is 2.73 bits per heavy atom. The maximum Gasteiger partial charge on any atom is 0.151 e. The monoisotopic (exact) mass is 148 g/mol. The topological polar surface area (TPSA) is 35.6 Å². The van der Waals surface area contributed by atoms with Crippen LogP contribution in [0.5, 0.6) is 0 Å². The number of rotatable bonds is 1. The van der Waals surface area contributed by atoms with Gasteiger partial charge in [-0.05, 0) is 6.07 Å². The van der Waals surface area contributed by atoms with E-state index in [-0.39, 0.29) is 0 Å². The van der Waals surface area contributed by atoms with Gasteiger partial charge in [0.1, 0.15) is 0 Å². The second-order valence-corrected chi connectivity index (χ2v) is 2.26. The van der Waals surface area contributed by atoms with E-state index in [1.165, 1.54) is 0 Å². The van der Waals surface area contributed by atoms with Crippen LogP contribution in [0.25, 0.3) is 5.82 Å². The highest BCUT2D eigenvalue weighted by molar-refractivity contribution is 5.18. The van der Waals surface area contributed by atoms with Gasteiger partial charge in [0.05, 0.1) is 6.20 Å². The van der Waals surface area contributed by atoms with Gasteiger partial charge in [0, 0.05) is 25.5 Å². The van der Waals surface area contributed by atoms with Gasteiger partial charge in [0.15, 0.2) is 5.82 Å². The molecule has 4 nitrogen and oxygen atoms in total. The van der Waals surface area contributed by atoms with Gasteiger partial charge in [0.2, 0.25) is 0 Å². The maximum atomic E-state index is 4.08. The largest absolute Gasteiger partial charge is 0.251 e. The number of hydrogen-bond acceptors (Lipinski definition) is 2. The Morgan fingerprint density at radius 1 is 1.27 bits per heavy atom. The molecule has 2 aromatic heterocycles. The first-order valence-electron chi connectivity index (χ1n) is 3.36. The maximum absolute atomic E-state index is 4.08. The van der Waals surface area contributed by atoms with Crippen LogP contribution in [0.1, 0.15) is 0 Å². The van der Waals surface area contributed by atoms with Crippen molar-refractivity contribution in [2.45, 2.75) is 0 Å². The average Bonchev–Trinajstić information content (AvgIpc) is 2.55. The molecule has 0 aliphatic rings. The van der Waals surface area contributed by atoms with Crippen molar-refractivity contribution in [2.75, 3.05) is 0 Å². The fourth-order valence-corrected chi connectivity index (χ4v) is 0.996. The highest BCUT2D eigenvalue weighted by atomic mass is 15.4. The van der Waals surface area contributed by atoms with Crippen molar-refractivity contribution in [1.82, 2.24) is 19.6 Å². The summed E-state index contributed by atoms with van der Waals surface area (Å²) in [7, 11) is 1.89. The minimum Gasteiger partial charge on any atom is -0.251 e. The van der Waals surface area contributed by atoms with E-state index >= 15 is 0 Å². The van der Waals surface area contributed by atoms with Crippen molar-refractivity contribution in [3.63, 3.8) is 0 Å². The van der Waals surface area contributed by atoms with Crippen LogP contribution in [0.15, 0.2) is 30.7 Å². The van der Waals surface area contributed by atoms with Crippen LogP contribution in [0, 0.1) is 0 Å². The molecule has 0 saturated carbocycles. The molecule has 0 saturated heterocycles. The normalized spacial score (nSPS) is 10.3. The molecule has 11 heavy (non-hydrogen) atoms. The fourth-order valence-electron chi connectivity index (χ4n) is 0.996. The van der Waals surface area contributed by atoms with Gasteiger partial charge in [-0.25, -0.2) is 4.68 Å². The van der Waals surface area contributed by atoms with Gasteiger partial charge in [-0.15, -0.1) is 0 Å². The summed E-state index contributed by atoms with van der Waals surface area (Å²) in [6.07, 6.45) is 5.38. The molecular formula is C7H8N4. The molecule has 0 spiro atoms. The number of aromatic nitrogens is 4. The molecule has 0 aromatic carbocycles. The van der Waals surface area contributed by atoms with Crippen LogP contribution >= 0.6 is 0 Å². The quantitative estimate of drug-likeness (QED) is 0.593. The summed E-state index contributed by atoms with van der Waals surface area (Å²) in [5.41, 5.74) is 0. The Bertz CT molecular complexity index is 333. The van der Waals surface area contributed by atoms with E-state index in [0.717, 1.165) is 5.82 Å². The molecule has 2 aromatic rings. The lowest BCUT2D eigenvalue weighted by molar-refractivity contribution is 0.699. The van der Waals surface area contributed by atoms with E-state index in [9.17, 15) is 0 Å². The van der Waals surface area contributed by atoms with Crippen LogP contribution in [0.2, 0.25) is 0 Å². The van der Waals surface area contributed by atoms with E-state index in [0.29, 0.717) is 0 Å². The van der Waals surface area contributed by atoms with Gasteiger partial charge in [0.25, 0.3) is 0 Å². The van der Waals surface area contributed by atoms with Crippen molar-refractivity contribution in [1.29, 1.82) is 0 Å². The Morgan fingerprint density at radius 2 is 2.18 bits per heavy atom. The molecule has 0 unspecified atom stereocenters. The molecule has 0 bridgehead atoms. The predicted molar refractivity (Wildman–Crippen MR) is 40.3 cm³/mol. The molecule has 2 rings (SSSR count).